The summed E-state index contributed by atoms with van der Waals surface area (Å²) in [5, 5.41) is 24.0. The Morgan fingerprint density at radius 2 is 1.88 bits per heavy atom. The van der Waals surface area contributed by atoms with Crippen molar-refractivity contribution in [1.82, 2.24) is 10.2 Å². The first kappa shape index (κ1) is 30.0. The molecule has 2 aliphatic heterocycles. The molecule has 3 fully saturated rings. The molecule has 0 radical (unpaired) electrons. The van der Waals surface area contributed by atoms with Gasteiger partial charge in [0.05, 0.1) is 11.7 Å². The van der Waals surface area contributed by atoms with E-state index in [0.29, 0.717) is 28.7 Å². The standard InChI is InChI=1S/C30H34Cl2F2N2O5/c1-15(18-7-19(31)9-20(32)8-18)23-12-35-6-5-30(23,34)14-41-26-11-24(33)22(10-21(26)17-3-4-17)28(38)36-13-25(37)16(2)27(36)29(39)40/h7-11,15-17,23,25,27,35,37H,3-6,12-14H2,1-2H3,(H,39,40). The number of β-amino-alcohol motifs (C(OH)–C–C–N with tert-alkyl or cyclic N) is 1. The number of rotatable bonds is 8. The Kier molecular flexibility index (Phi) is 8.54. The van der Waals surface area contributed by atoms with Gasteiger partial charge in [0.25, 0.3) is 5.91 Å². The lowest BCUT2D eigenvalue weighted by atomic mass is 9.74. The molecule has 3 N–H and O–H groups in total. The molecule has 0 aromatic heterocycles. The summed E-state index contributed by atoms with van der Waals surface area (Å²) < 4.78 is 38.1. The normalized spacial score (nSPS) is 28.9. The maximum Gasteiger partial charge on any atom is 0.326 e. The lowest BCUT2D eigenvalue weighted by Gasteiger charge is -2.41. The predicted molar refractivity (Wildman–Crippen MR) is 151 cm³/mol. The van der Waals surface area contributed by atoms with Crippen LogP contribution in [0.1, 0.15) is 66.4 Å². The molecule has 7 nitrogen and oxygen atoms in total. The summed E-state index contributed by atoms with van der Waals surface area (Å²) in [6.45, 7) is 3.83. The van der Waals surface area contributed by atoms with Crippen molar-refractivity contribution in [3.63, 3.8) is 0 Å². The third kappa shape index (κ3) is 6.05. The highest BCUT2D eigenvalue weighted by Gasteiger charge is 2.47. The smallest absolute Gasteiger partial charge is 0.326 e. The zero-order valence-electron chi connectivity index (χ0n) is 22.9. The summed E-state index contributed by atoms with van der Waals surface area (Å²) in [4.78, 5) is 26.1. The summed E-state index contributed by atoms with van der Waals surface area (Å²) in [6, 6.07) is 6.42. The van der Waals surface area contributed by atoms with Crippen LogP contribution in [0.25, 0.3) is 0 Å². The van der Waals surface area contributed by atoms with Crippen LogP contribution in [0.4, 0.5) is 8.78 Å². The van der Waals surface area contributed by atoms with Crippen LogP contribution in [0.15, 0.2) is 30.3 Å². The van der Waals surface area contributed by atoms with Gasteiger partial charge in [-0.25, -0.2) is 13.6 Å². The van der Waals surface area contributed by atoms with Gasteiger partial charge in [0, 0.05) is 41.0 Å². The van der Waals surface area contributed by atoms with E-state index in [1.165, 1.54) is 6.07 Å². The first-order valence-corrected chi connectivity index (χ1v) is 14.7. The molecule has 1 amide bonds. The van der Waals surface area contributed by atoms with Gasteiger partial charge in [-0.1, -0.05) is 37.0 Å². The number of hydrogen-bond donors (Lipinski definition) is 3. The first-order chi connectivity index (χ1) is 19.4. The Bertz CT molecular complexity index is 1320. The number of likely N-dealkylation sites (tertiary alicyclic amines) is 1. The third-order valence-corrected chi connectivity index (χ3v) is 9.35. The van der Waals surface area contributed by atoms with Crippen molar-refractivity contribution < 1.29 is 33.3 Å². The van der Waals surface area contributed by atoms with Crippen molar-refractivity contribution >= 4 is 35.1 Å². The Labute approximate surface area is 247 Å². The number of aliphatic hydroxyl groups excluding tert-OH is 1. The third-order valence-electron chi connectivity index (χ3n) is 8.91. The minimum absolute atomic E-state index is 0.0300. The van der Waals surface area contributed by atoms with Crippen molar-refractivity contribution in [2.45, 2.75) is 62.8 Å². The number of carbonyl (C=O) groups is 2. The summed E-state index contributed by atoms with van der Waals surface area (Å²) in [5.41, 5.74) is -0.611. The van der Waals surface area contributed by atoms with E-state index in [1.54, 1.807) is 25.1 Å². The van der Waals surface area contributed by atoms with E-state index in [-0.39, 0.29) is 42.7 Å². The number of hydrogen-bond acceptors (Lipinski definition) is 5. The van der Waals surface area contributed by atoms with E-state index < -0.39 is 47.3 Å². The van der Waals surface area contributed by atoms with Crippen LogP contribution >= 0.6 is 23.2 Å². The quantitative estimate of drug-likeness (QED) is 0.369. The molecule has 0 spiro atoms. The van der Waals surface area contributed by atoms with Gasteiger partial charge in [0.2, 0.25) is 0 Å². The summed E-state index contributed by atoms with van der Waals surface area (Å²) in [7, 11) is 0. The number of piperidine rings is 1. The fraction of sp³-hybridized carbons (Fsp3) is 0.533. The Morgan fingerprint density at radius 1 is 1.20 bits per heavy atom. The molecule has 5 rings (SSSR count). The molecular weight excluding hydrogens is 577 g/mol. The highest BCUT2D eigenvalue weighted by molar-refractivity contribution is 6.34. The molecule has 2 saturated heterocycles. The van der Waals surface area contributed by atoms with E-state index in [9.17, 15) is 19.8 Å². The van der Waals surface area contributed by atoms with Crippen LogP contribution < -0.4 is 10.1 Å². The van der Waals surface area contributed by atoms with Crippen molar-refractivity contribution in [3.05, 3.63) is 62.9 Å². The first-order valence-electron chi connectivity index (χ1n) is 13.9. The molecule has 2 heterocycles. The molecule has 222 valence electrons. The monoisotopic (exact) mass is 610 g/mol. The second kappa shape index (κ2) is 11.7. The number of nitrogens with zero attached hydrogens (tertiary/aromatic N) is 1. The summed E-state index contributed by atoms with van der Waals surface area (Å²) >= 11 is 12.4. The molecule has 6 unspecified atom stereocenters. The number of carboxylic acid groups (broad SMARTS) is 1. The Morgan fingerprint density at radius 3 is 2.51 bits per heavy atom. The molecule has 41 heavy (non-hydrogen) atoms. The minimum Gasteiger partial charge on any atom is -0.490 e. The molecule has 1 aliphatic carbocycles. The van der Waals surface area contributed by atoms with Crippen LogP contribution in [-0.4, -0.2) is 71.0 Å². The molecule has 2 aromatic rings. The largest absolute Gasteiger partial charge is 0.490 e. The van der Waals surface area contributed by atoms with Crippen LogP contribution in [-0.2, 0) is 4.79 Å². The minimum atomic E-state index is -1.73. The van der Waals surface area contributed by atoms with Gasteiger partial charge in [-0.05, 0) is 73.0 Å². The number of ether oxygens (including phenoxy) is 1. The number of alkyl halides is 1. The maximum atomic E-state index is 16.6. The molecule has 3 aliphatic rings. The van der Waals surface area contributed by atoms with Gasteiger partial charge in [0.15, 0.2) is 5.67 Å². The number of aliphatic hydroxyl groups is 1. The summed E-state index contributed by atoms with van der Waals surface area (Å²) in [6.07, 6.45) is 0.789. The van der Waals surface area contributed by atoms with E-state index in [2.05, 4.69) is 5.32 Å². The average molecular weight is 612 g/mol. The molecule has 6 atom stereocenters. The van der Waals surface area contributed by atoms with Gasteiger partial charge < -0.3 is 25.2 Å². The number of benzene rings is 2. The van der Waals surface area contributed by atoms with Crippen molar-refractivity contribution in [1.29, 1.82) is 0 Å². The number of amides is 1. The van der Waals surface area contributed by atoms with Crippen LogP contribution in [0, 0.1) is 17.7 Å². The van der Waals surface area contributed by atoms with Gasteiger partial charge in [-0.2, -0.15) is 0 Å². The predicted octanol–water partition coefficient (Wildman–Crippen LogP) is 5.42. The summed E-state index contributed by atoms with van der Waals surface area (Å²) in [5.74, 6) is -4.16. The topological polar surface area (TPSA) is 99.1 Å². The molecule has 2 aromatic carbocycles. The molecular formula is C30H34Cl2F2N2O5. The number of halogens is 4. The molecule has 1 saturated carbocycles. The lowest BCUT2D eigenvalue weighted by Crippen LogP contribution is -2.52. The average Bonchev–Trinajstić information content (AvgIpc) is 3.71. The van der Waals surface area contributed by atoms with Crippen molar-refractivity contribution in [3.8, 4) is 5.75 Å². The van der Waals surface area contributed by atoms with Gasteiger partial charge in [0.1, 0.15) is 24.2 Å². The number of aliphatic carboxylic acids is 1. The fourth-order valence-corrected chi connectivity index (χ4v) is 6.81. The van der Waals surface area contributed by atoms with E-state index in [0.717, 1.165) is 29.4 Å². The number of carbonyl (C=O) groups excluding carboxylic acids is 1. The second-order valence-corrected chi connectivity index (χ2v) is 12.6. The van der Waals surface area contributed by atoms with Gasteiger partial charge >= 0.3 is 5.97 Å². The molecule has 0 bridgehead atoms. The second-order valence-electron chi connectivity index (χ2n) is 11.7. The SMILES string of the molecule is CC(c1cc(Cl)cc(Cl)c1)C1CNCCC1(F)COc1cc(F)c(C(=O)N2CC(O)C(C)C2C(=O)O)cc1C1CC1. The maximum absolute atomic E-state index is 16.6. The van der Waals surface area contributed by atoms with Crippen LogP contribution in [0.5, 0.6) is 5.75 Å². The zero-order chi connectivity index (χ0) is 29.6. The zero-order valence-corrected chi connectivity index (χ0v) is 24.4. The van der Waals surface area contributed by atoms with Crippen LogP contribution in [0.3, 0.4) is 0 Å². The lowest BCUT2D eigenvalue weighted by molar-refractivity contribution is -0.142. The highest BCUT2D eigenvalue weighted by Crippen LogP contribution is 2.47. The van der Waals surface area contributed by atoms with E-state index >= 15 is 8.78 Å². The van der Waals surface area contributed by atoms with Crippen molar-refractivity contribution in [2.75, 3.05) is 26.2 Å². The van der Waals surface area contributed by atoms with E-state index in [1.807, 2.05) is 6.92 Å². The Balaban J connectivity index is 1.39. The number of nitrogens with one attached hydrogen (secondary N) is 1. The highest BCUT2D eigenvalue weighted by atomic mass is 35.5. The van der Waals surface area contributed by atoms with Crippen LogP contribution in [0.2, 0.25) is 10.0 Å². The fourth-order valence-electron chi connectivity index (χ4n) is 6.27. The van der Waals surface area contributed by atoms with Gasteiger partial charge in [-0.15, -0.1) is 0 Å². The van der Waals surface area contributed by atoms with E-state index in [4.69, 9.17) is 27.9 Å². The Hall–Kier alpha value is -2.46. The number of carboxylic acids is 1. The van der Waals surface area contributed by atoms with Crippen molar-refractivity contribution in [2.24, 2.45) is 11.8 Å². The van der Waals surface area contributed by atoms with Gasteiger partial charge in [-0.3, -0.25) is 4.79 Å². The molecule has 11 heteroatoms.